The number of piperazine rings is 1. The molecule has 0 bridgehead atoms. The number of nitrogens with zero attached hydrogens (tertiary/aromatic N) is 3. The maximum Gasteiger partial charge on any atom is 0.501 e. The summed E-state index contributed by atoms with van der Waals surface area (Å²) in [6.45, 7) is 7.13. The Hall–Kier alpha value is -4.10. The second kappa shape index (κ2) is 20.6. The van der Waals surface area contributed by atoms with E-state index in [0.717, 1.165) is 73.3 Å². The van der Waals surface area contributed by atoms with Gasteiger partial charge in [0.1, 0.15) is 4.90 Å². The zero-order valence-corrected chi connectivity index (χ0v) is 39.8. The van der Waals surface area contributed by atoms with E-state index in [-0.39, 0.29) is 5.56 Å². The van der Waals surface area contributed by atoms with Gasteiger partial charge in [-0.15, -0.1) is 11.8 Å². The van der Waals surface area contributed by atoms with Crippen LogP contribution in [0, 0.1) is 5.41 Å². The van der Waals surface area contributed by atoms with Crippen LogP contribution in [0.3, 0.4) is 0 Å². The minimum atomic E-state index is -6.05. The lowest BCUT2D eigenvalue weighted by Gasteiger charge is -2.47. The number of alkyl halides is 3. The molecule has 66 heavy (non-hydrogen) atoms. The molecular formula is C48H55ClF3N5O6S3. The zero-order valence-electron chi connectivity index (χ0n) is 36.6. The normalized spacial score (nSPS) is 19.1. The summed E-state index contributed by atoms with van der Waals surface area (Å²) in [7, 11) is -10.9. The number of carbonyl (C=O) groups excluding carboxylic acids is 1. The van der Waals surface area contributed by atoms with Crippen molar-refractivity contribution in [2.75, 3.05) is 81.5 Å². The number of morpholine rings is 1. The van der Waals surface area contributed by atoms with Crippen LogP contribution >= 0.6 is 23.4 Å². The largest absolute Gasteiger partial charge is 0.501 e. The summed E-state index contributed by atoms with van der Waals surface area (Å²) in [5.41, 5.74) is -0.625. The average Bonchev–Trinajstić information content (AvgIpc) is 3.30. The van der Waals surface area contributed by atoms with Crippen molar-refractivity contribution < 1.29 is 39.5 Å². The number of thioether (sulfide) groups is 1. The van der Waals surface area contributed by atoms with Gasteiger partial charge in [0.2, 0.25) is 0 Å². The molecule has 4 aromatic rings. The number of benzene rings is 4. The molecule has 8 rings (SSSR count). The predicted molar refractivity (Wildman–Crippen MR) is 254 cm³/mol. The van der Waals surface area contributed by atoms with Gasteiger partial charge in [0.25, 0.3) is 25.8 Å². The van der Waals surface area contributed by atoms with Gasteiger partial charge in [0.05, 0.1) is 23.8 Å². The van der Waals surface area contributed by atoms with Crippen LogP contribution < -0.4 is 14.9 Å². The van der Waals surface area contributed by atoms with Crippen LogP contribution in [0.1, 0.15) is 60.9 Å². The van der Waals surface area contributed by atoms with Crippen LogP contribution in [-0.2, 0) is 24.6 Å². The first-order chi connectivity index (χ1) is 31.6. The first-order valence-electron chi connectivity index (χ1n) is 22.4. The third kappa shape index (κ3) is 11.6. The topological polar surface area (TPSA) is 128 Å². The van der Waals surface area contributed by atoms with E-state index in [0.29, 0.717) is 56.5 Å². The number of nitrogens with one attached hydrogen (secondary N) is 2. The van der Waals surface area contributed by atoms with Crippen LogP contribution in [0.2, 0.25) is 5.02 Å². The van der Waals surface area contributed by atoms with Crippen LogP contribution in [0.15, 0.2) is 117 Å². The number of carbonyl (C=O) groups is 1. The van der Waals surface area contributed by atoms with Crippen molar-refractivity contribution >= 4 is 66.1 Å². The highest BCUT2D eigenvalue weighted by molar-refractivity contribution is 7.99. The Morgan fingerprint density at radius 2 is 1.53 bits per heavy atom. The van der Waals surface area contributed by atoms with Gasteiger partial charge in [-0.1, -0.05) is 53.9 Å². The smallest absolute Gasteiger partial charge is 0.380 e. The fourth-order valence-corrected chi connectivity index (χ4v) is 12.5. The van der Waals surface area contributed by atoms with Crippen LogP contribution in [0.4, 0.5) is 24.5 Å². The van der Waals surface area contributed by atoms with E-state index < -0.39 is 52.8 Å². The van der Waals surface area contributed by atoms with E-state index in [9.17, 15) is 34.8 Å². The lowest BCUT2D eigenvalue weighted by Crippen LogP contribution is -2.47. The molecule has 2 N–H and O–H groups in total. The van der Waals surface area contributed by atoms with E-state index in [1.54, 1.807) is 12.1 Å². The summed E-state index contributed by atoms with van der Waals surface area (Å²) in [5, 5.41) is 3.73. The average molecular weight is 987 g/mol. The summed E-state index contributed by atoms with van der Waals surface area (Å²) in [6, 6.07) is 26.0. The third-order valence-corrected chi connectivity index (χ3v) is 17.6. The molecular weight excluding hydrogens is 931 g/mol. The molecule has 0 aromatic heterocycles. The minimum absolute atomic E-state index is 0.00491. The number of ether oxygens (including phenoxy) is 1. The molecule has 2 saturated heterocycles. The Morgan fingerprint density at radius 1 is 0.833 bits per heavy atom. The lowest BCUT2D eigenvalue weighted by atomic mass is 9.59. The Morgan fingerprint density at radius 3 is 2.18 bits per heavy atom. The Kier molecular flexibility index (Phi) is 15.1. The zero-order chi connectivity index (χ0) is 46.5. The van der Waals surface area contributed by atoms with Crippen molar-refractivity contribution in [1.82, 2.24) is 14.5 Å². The van der Waals surface area contributed by atoms with Gasteiger partial charge in [0.15, 0.2) is 0 Å². The Balaban J connectivity index is 0.926. The van der Waals surface area contributed by atoms with E-state index >= 15 is 0 Å². The van der Waals surface area contributed by atoms with Crippen molar-refractivity contribution in [3.8, 4) is 0 Å². The molecule has 354 valence electrons. The van der Waals surface area contributed by atoms with E-state index in [2.05, 4.69) is 32.1 Å². The van der Waals surface area contributed by atoms with Gasteiger partial charge in [-0.2, -0.15) is 13.2 Å². The Labute approximate surface area is 395 Å². The number of halogens is 4. The monoisotopic (exact) mass is 985 g/mol. The fourth-order valence-electron chi connectivity index (χ4n) is 9.40. The molecule has 4 aromatic carbocycles. The molecule has 1 amide bonds. The van der Waals surface area contributed by atoms with Crippen molar-refractivity contribution in [2.24, 2.45) is 5.41 Å². The van der Waals surface area contributed by atoms with E-state index in [1.165, 1.54) is 66.3 Å². The SMILES string of the molecule is O=C(NS(=O)(=O)c1ccc(N[C@H](CCN2CCOCC2)CSc2ccccc2)c(S(=O)(=O)C(F)(F)F)c1)c1ccc(N2CCN(CC3=C(c4ccc(Cl)cc4)CCC4(CCC4)C3)CC2)cc1. The summed E-state index contributed by atoms with van der Waals surface area (Å²) >= 11 is 7.67. The number of amides is 1. The van der Waals surface area contributed by atoms with Crippen molar-refractivity contribution in [1.29, 1.82) is 0 Å². The molecule has 11 nitrogen and oxygen atoms in total. The number of sulfone groups is 1. The summed E-state index contributed by atoms with van der Waals surface area (Å²) in [4.78, 5) is 19.1. The van der Waals surface area contributed by atoms with Gasteiger partial charge in [-0.3, -0.25) is 14.6 Å². The van der Waals surface area contributed by atoms with Crippen molar-refractivity contribution in [2.45, 2.75) is 71.2 Å². The van der Waals surface area contributed by atoms with Crippen LogP contribution in [0.25, 0.3) is 5.57 Å². The second-order valence-corrected chi connectivity index (χ2v) is 22.8. The minimum Gasteiger partial charge on any atom is -0.380 e. The molecule has 3 fully saturated rings. The van der Waals surface area contributed by atoms with Gasteiger partial charge in [-0.25, -0.2) is 21.6 Å². The van der Waals surface area contributed by atoms with Crippen molar-refractivity contribution in [3.63, 3.8) is 0 Å². The number of allylic oxidation sites excluding steroid dienone is 1. The maximum absolute atomic E-state index is 14.2. The number of anilines is 2. The summed E-state index contributed by atoms with van der Waals surface area (Å²) in [6.07, 6.45) is 7.78. The van der Waals surface area contributed by atoms with Crippen LogP contribution in [0.5, 0.6) is 0 Å². The molecule has 2 aliphatic heterocycles. The van der Waals surface area contributed by atoms with Gasteiger partial charge >= 0.3 is 5.51 Å². The number of hydrogen-bond acceptors (Lipinski definition) is 11. The summed E-state index contributed by atoms with van der Waals surface area (Å²) in [5.74, 6) is -0.646. The number of rotatable bonds is 16. The molecule has 1 spiro atoms. The van der Waals surface area contributed by atoms with Crippen LogP contribution in [-0.4, -0.2) is 115 Å². The van der Waals surface area contributed by atoms with Crippen molar-refractivity contribution in [3.05, 3.63) is 119 Å². The molecule has 18 heteroatoms. The second-order valence-electron chi connectivity index (χ2n) is 17.7. The van der Waals surface area contributed by atoms with E-state index in [1.807, 2.05) is 47.2 Å². The molecule has 4 aliphatic rings. The van der Waals surface area contributed by atoms with Gasteiger partial charge < -0.3 is 15.0 Å². The number of sulfonamides is 1. The molecule has 2 aliphatic carbocycles. The first-order valence-corrected chi connectivity index (χ1v) is 26.7. The quantitative estimate of drug-likeness (QED) is 0.105. The highest BCUT2D eigenvalue weighted by Gasteiger charge is 2.48. The third-order valence-electron chi connectivity index (χ3n) is 13.3. The lowest BCUT2D eigenvalue weighted by molar-refractivity contribution is -0.0435. The van der Waals surface area contributed by atoms with Gasteiger partial charge in [-0.05, 0) is 122 Å². The van der Waals surface area contributed by atoms with Gasteiger partial charge in [0, 0.05) is 85.3 Å². The molecule has 0 radical (unpaired) electrons. The summed E-state index contributed by atoms with van der Waals surface area (Å²) < 4.78 is 103. The highest BCUT2D eigenvalue weighted by Crippen LogP contribution is 2.54. The number of hydrogen-bond donors (Lipinski definition) is 2. The Bertz CT molecular complexity index is 2580. The molecule has 1 atom stereocenters. The molecule has 1 saturated carbocycles. The molecule has 2 heterocycles. The highest BCUT2D eigenvalue weighted by atomic mass is 35.5. The predicted octanol–water partition coefficient (Wildman–Crippen LogP) is 8.98. The van der Waals surface area contributed by atoms with E-state index in [4.69, 9.17) is 16.3 Å². The first kappa shape index (κ1) is 48.4. The fraction of sp³-hybridized carbons (Fsp3) is 0.438. The maximum atomic E-state index is 14.2. The molecule has 0 unspecified atom stereocenters. The standard InChI is InChI=1S/C48H55ClF3N5O6S3/c49-38-11-7-35(8-12-38)43-17-21-47(19-4-20-47)32-37(43)33-56-23-25-57(26-24-56)40-13-9-36(10-14-40)46(58)54-66(61,62)42-15-16-44(45(31-42)65(59,60)48(50,51)52)53-39(18-22-55-27-29-63-30-28-55)34-64-41-5-2-1-3-6-41/h1-3,5-16,31,39,53H,4,17-30,32-34H2,(H,54,58)/t39-/m1/s1.